The van der Waals surface area contributed by atoms with E-state index in [2.05, 4.69) is 15.5 Å². The molecule has 1 fully saturated rings. The zero-order valence-corrected chi connectivity index (χ0v) is 18.2. The Morgan fingerprint density at radius 3 is 2.72 bits per heavy atom. The number of fused-ring (bicyclic) bond motifs is 1. The molecule has 1 aromatic carbocycles. The summed E-state index contributed by atoms with van der Waals surface area (Å²) in [5.74, 6) is -0.362. The second-order valence-corrected chi connectivity index (χ2v) is 8.75. The van der Waals surface area contributed by atoms with Crippen LogP contribution in [-0.2, 0) is 9.53 Å². The summed E-state index contributed by atoms with van der Waals surface area (Å²) in [6.45, 7) is 0. The van der Waals surface area contributed by atoms with Gasteiger partial charge in [0.1, 0.15) is 5.69 Å². The summed E-state index contributed by atoms with van der Waals surface area (Å²) in [6, 6.07) is 14.7. The van der Waals surface area contributed by atoms with Crippen molar-refractivity contribution in [3.63, 3.8) is 0 Å². The first-order valence-electron chi connectivity index (χ1n) is 10.4. The molecule has 0 aliphatic heterocycles. The number of rotatable bonds is 7. The van der Waals surface area contributed by atoms with Gasteiger partial charge < -0.3 is 14.6 Å². The van der Waals surface area contributed by atoms with Crippen LogP contribution in [0, 0.1) is 0 Å². The number of ether oxygens (including phenoxy) is 1. The molecule has 1 saturated carbocycles. The van der Waals surface area contributed by atoms with E-state index >= 15 is 0 Å². The minimum absolute atomic E-state index is 0.0433. The first kappa shape index (κ1) is 20.4. The van der Waals surface area contributed by atoms with Crippen LogP contribution >= 0.6 is 11.3 Å². The van der Waals surface area contributed by atoms with E-state index in [0.29, 0.717) is 28.3 Å². The van der Waals surface area contributed by atoms with Crippen LogP contribution in [0.25, 0.3) is 22.4 Å². The van der Waals surface area contributed by atoms with Crippen molar-refractivity contribution in [1.82, 2.24) is 15.5 Å². The lowest BCUT2D eigenvalue weighted by atomic mass is 10.0. The largest absolute Gasteiger partial charge is 0.469 e. The Morgan fingerprint density at radius 1 is 1.22 bits per heavy atom. The van der Waals surface area contributed by atoms with Gasteiger partial charge in [-0.05, 0) is 30.4 Å². The monoisotopic (exact) mass is 447 g/mol. The Balaban J connectivity index is 1.57. The molecule has 5 rings (SSSR count). The molecule has 1 unspecified atom stereocenters. The van der Waals surface area contributed by atoms with E-state index in [1.807, 2.05) is 53.9 Å². The third-order valence-electron chi connectivity index (χ3n) is 5.54. The van der Waals surface area contributed by atoms with Gasteiger partial charge in [0.05, 0.1) is 30.5 Å². The van der Waals surface area contributed by atoms with Crippen LogP contribution in [0.1, 0.15) is 52.2 Å². The molecule has 0 bridgehead atoms. The number of nitrogens with zero attached hydrogens (tertiary/aromatic N) is 2. The van der Waals surface area contributed by atoms with Crippen LogP contribution in [0.2, 0.25) is 0 Å². The molecule has 8 heteroatoms. The zero-order valence-electron chi connectivity index (χ0n) is 17.4. The molecule has 32 heavy (non-hydrogen) atoms. The number of thiophene rings is 1. The fourth-order valence-corrected chi connectivity index (χ4v) is 4.51. The SMILES string of the molecule is COC(=O)CC(NC(=O)c1cc(C2CC2)nc2onc(-c3ccccc3)c12)c1cccs1. The van der Waals surface area contributed by atoms with Crippen molar-refractivity contribution in [2.45, 2.75) is 31.2 Å². The molecule has 1 aliphatic rings. The molecular weight excluding hydrogens is 426 g/mol. The Hall–Kier alpha value is -3.52. The number of hydrogen-bond acceptors (Lipinski definition) is 7. The molecule has 0 spiro atoms. The maximum atomic E-state index is 13.6. The number of amides is 1. The van der Waals surface area contributed by atoms with E-state index in [1.54, 1.807) is 0 Å². The third-order valence-corrected chi connectivity index (χ3v) is 6.53. The number of carbonyl (C=O) groups is 2. The van der Waals surface area contributed by atoms with Gasteiger partial charge in [0.15, 0.2) is 0 Å². The van der Waals surface area contributed by atoms with Crippen LogP contribution in [-0.4, -0.2) is 29.1 Å². The topological polar surface area (TPSA) is 94.3 Å². The van der Waals surface area contributed by atoms with Crippen molar-refractivity contribution in [1.29, 1.82) is 0 Å². The van der Waals surface area contributed by atoms with Crippen LogP contribution < -0.4 is 5.32 Å². The minimum atomic E-state index is -0.498. The first-order chi connectivity index (χ1) is 15.6. The summed E-state index contributed by atoms with van der Waals surface area (Å²) in [6.07, 6.45) is 2.13. The maximum absolute atomic E-state index is 13.6. The van der Waals surface area contributed by atoms with Crippen molar-refractivity contribution < 1.29 is 18.8 Å². The highest BCUT2D eigenvalue weighted by molar-refractivity contribution is 7.10. The molecule has 1 aliphatic carbocycles. The molecule has 1 atom stereocenters. The molecule has 0 saturated heterocycles. The summed E-state index contributed by atoms with van der Waals surface area (Å²) in [4.78, 5) is 31.1. The van der Waals surface area contributed by atoms with Crippen molar-refractivity contribution >= 4 is 34.3 Å². The summed E-state index contributed by atoms with van der Waals surface area (Å²) in [5, 5.41) is 9.73. The van der Waals surface area contributed by atoms with E-state index in [0.717, 1.165) is 29.0 Å². The number of methoxy groups -OCH3 is 1. The summed E-state index contributed by atoms with van der Waals surface area (Å²) < 4.78 is 10.4. The maximum Gasteiger partial charge on any atom is 0.307 e. The number of hydrogen-bond donors (Lipinski definition) is 1. The molecule has 7 nitrogen and oxygen atoms in total. The predicted octanol–water partition coefficient (Wildman–Crippen LogP) is 4.86. The Morgan fingerprint density at radius 2 is 2.03 bits per heavy atom. The third kappa shape index (κ3) is 4.01. The molecule has 1 N–H and O–H groups in total. The van der Waals surface area contributed by atoms with E-state index in [9.17, 15) is 9.59 Å². The zero-order chi connectivity index (χ0) is 22.1. The summed E-state index contributed by atoms with van der Waals surface area (Å²) in [7, 11) is 1.34. The molecule has 162 valence electrons. The average molecular weight is 448 g/mol. The van der Waals surface area contributed by atoms with E-state index in [4.69, 9.17) is 9.26 Å². The molecule has 3 aromatic heterocycles. The minimum Gasteiger partial charge on any atom is -0.469 e. The van der Waals surface area contributed by atoms with Crippen molar-refractivity contribution in [2.24, 2.45) is 0 Å². The van der Waals surface area contributed by atoms with Gasteiger partial charge in [-0.3, -0.25) is 9.59 Å². The second kappa shape index (κ2) is 8.55. The van der Waals surface area contributed by atoms with Gasteiger partial charge in [-0.1, -0.05) is 41.6 Å². The highest BCUT2D eigenvalue weighted by Gasteiger charge is 2.30. The van der Waals surface area contributed by atoms with E-state index in [-0.39, 0.29) is 12.3 Å². The van der Waals surface area contributed by atoms with Crippen molar-refractivity contribution in [2.75, 3.05) is 7.11 Å². The number of pyridine rings is 1. The Labute approximate surface area is 188 Å². The van der Waals surface area contributed by atoms with Gasteiger partial charge in [-0.2, -0.15) is 0 Å². The van der Waals surface area contributed by atoms with Gasteiger partial charge >= 0.3 is 5.97 Å². The molecular formula is C24H21N3O4S. The standard InChI is InChI=1S/C24H21N3O4S/c1-30-20(28)13-18(19-8-5-11-32-19)25-23(29)16-12-17(14-9-10-14)26-24-21(16)22(27-31-24)15-6-3-2-4-7-15/h2-8,11-12,14,18H,9-10,13H2,1H3,(H,25,29). The molecule has 1 amide bonds. The number of carbonyl (C=O) groups excluding carboxylic acids is 2. The average Bonchev–Trinajstić information content (AvgIpc) is 3.35. The van der Waals surface area contributed by atoms with Gasteiger partial charge in [-0.25, -0.2) is 4.98 Å². The molecule has 3 heterocycles. The van der Waals surface area contributed by atoms with Crippen LogP contribution in [0.5, 0.6) is 0 Å². The van der Waals surface area contributed by atoms with Gasteiger partial charge in [0.2, 0.25) is 0 Å². The fraction of sp³-hybridized carbons (Fsp3) is 0.250. The lowest BCUT2D eigenvalue weighted by Crippen LogP contribution is -2.30. The lowest BCUT2D eigenvalue weighted by molar-refractivity contribution is -0.141. The highest BCUT2D eigenvalue weighted by Crippen LogP contribution is 2.41. The van der Waals surface area contributed by atoms with Gasteiger partial charge in [0, 0.05) is 22.1 Å². The van der Waals surface area contributed by atoms with E-state index < -0.39 is 12.0 Å². The van der Waals surface area contributed by atoms with Crippen molar-refractivity contribution in [3.05, 3.63) is 70.0 Å². The number of esters is 1. The lowest BCUT2D eigenvalue weighted by Gasteiger charge is -2.17. The van der Waals surface area contributed by atoms with Crippen molar-refractivity contribution in [3.8, 4) is 11.3 Å². The Bertz CT molecular complexity index is 1260. The van der Waals surface area contributed by atoms with Gasteiger partial charge in [-0.15, -0.1) is 11.3 Å². The predicted molar refractivity (Wildman–Crippen MR) is 120 cm³/mol. The number of nitrogens with one attached hydrogen (secondary N) is 1. The smallest absolute Gasteiger partial charge is 0.307 e. The van der Waals surface area contributed by atoms with E-state index in [1.165, 1.54) is 18.4 Å². The Kier molecular flexibility index (Phi) is 5.45. The number of benzene rings is 1. The normalized spacial score (nSPS) is 14.3. The highest BCUT2D eigenvalue weighted by atomic mass is 32.1. The van der Waals surface area contributed by atoms with Gasteiger partial charge in [0.25, 0.3) is 11.6 Å². The van der Waals surface area contributed by atoms with Crippen LogP contribution in [0.4, 0.5) is 0 Å². The molecule has 0 radical (unpaired) electrons. The second-order valence-electron chi connectivity index (χ2n) is 7.77. The van der Waals surface area contributed by atoms with Crippen LogP contribution in [0.15, 0.2) is 58.4 Å². The van der Waals surface area contributed by atoms with Crippen LogP contribution in [0.3, 0.4) is 0 Å². The quantitative estimate of drug-likeness (QED) is 0.407. The summed E-state index contributed by atoms with van der Waals surface area (Å²) in [5.41, 5.74) is 3.04. The summed E-state index contributed by atoms with van der Waals surface area (Å²) >= 11 is 1.48. The molecule has 4 aromatic rings. The number of aromatic nitrogens is 2. The fourth-order valence-electron chi connectivity index (χ4n) is 3.73. The first-order valence-corrected chi connectivity index (χ1v) is 11.3.